The molecule has 1 amide bonds. The Morgan fingerprint density at radius 2 is 2.04 bits per heavy atom. The highest BCUT2D eigenvalue weighted by Gasteiger charge is 2.38. The molecule has 8 heteroatoms. The van der Waals surface area contributed by atoms with E-state index in [0.717, 1.165) is 48.8 Å². The van der Waals surface area contributed by atoms with Crippen LogP contribution in [0.3, 0.4) is 0 Å². The van der Waals surface area contributed by atoms with Crippen LogP contribution in [0.1, 0.15) is 36.1 Å². The number of aryl methyl sites for hydroxylation is 1. The van der Waals surface area contributed by atoms with Gasteiger partial charge in [0.2, 0.25) is 5.91 Å². The number of amides is 1. The lowest BCUT2D eigenvalue weighted by molar-refractivity contribution is -0.128. The van der Waals surface area contributed by atoms with E-state index in [1.165, 1.54) is 0 Å². The van der Waals surface area contributed by atoms with Gasteiger partial charge in [0.05, 0.1) is 14.2 Å². The highest BCUT2D eigenvalue weighted by atomic mass is 16.5. The Kier molecular flexibility index (Phi) is 4.73. The van der Waals surface area contributed by atoms with Gasteiger partial charge in [0.15, 0.2) is 11.9 Å². The number of hydrogen-bond donors (Lipinski definition) is 1. The minimum atomic E-state index is -0.452. The molecule has 144 valence electrons. The van der Waals surface area contributed by atoms with Crippen molar-refractivity contribution in [1.82, 2.24) is 25.0 Å². The van der Waals surface area contributed by atoms with Crippen molar-refractivity contribution in [3.63, 3.8) is 0 Å². The summed E-state index contributed by atoms with van der Waals surface area (Å²) in [7, 11) is 3.28. The first-order valence-electron chi connectivity index (χ1n) is 9.25. The molecular weight excluding hydrogens is 346 g/mol. The first-order chi connectivity index (χ1) is 13.1. The minimum absolute atomic E-state index is 0.00155. The van der Waals surface area contributed by atoms with Crippen molar-refractivity contribution in [3.05, 3.63) is 35.4 Å². The molecule has 1 fully saturated rings. The lowest BCUT2D eigenvalue weighted by atomic mass is 10.1. The second-order valence-corrected chi connectivity index (χ2v) is 7.09. The fourth-order valence-corrected chi connectivity index (χ4v) is 3.56. The second kappa shape index (κ2) is 7.19. The topological polar surface area (TPSA) is 81.5 Å². The number of methoxy groups -OCH3 is 2. The molecule has 1 atom stereocenters. The van der Waals surface area contributed by atoms with Crippen LogP contribution in [0.15, 0.2) is 18.2 Å². The summed E-state index contributed by atoms with van der Waals surface area (Å²) in [6, 6.07) is 5.61. The van der Waals surface area contributed by atoms with Crippen molar-refractivity contribution in [2.75, 3.05) is 20.8 Å². The van der Waals surface area contributed by atoms with Gasteiger partial charge in [-0.2, -0.15) is 0 Å². The molecule has 1 unspecified atom stereocenters. The van der Waals surface area contributed by atoms with Crippen LogP contribution in [0.4, 0.5) is 0 Å². The number of rotatable bonds is 6. The van der Waals surface area contributed by atoms with Crippen LogP contribution in [-0.2, 0) is 17.9 Å². The molecular formula is C19H25N5O3. The summed E-state index contributed by atoms with van der Waals surface area (Å²) in [5.74, 6) is 3.05. The molecule has 27 heavy (non-hydrogen) atoms. The normalized spacial score (nSPS) is 19.4. The van der Waals surface area contributed by atoms with Crippen LogP contribution in [0.25, 0.3) is 0 Å². The van der Waals surface area contributed by atoms with Gasteiger partial charge < -0.3 is 19.4 Å². The summed E-state index contributed by atoms with van der Waals surface area (Å²) in [6.07, 6.45) is 2.10. The molecule has 2 aliphatic rings. The van der Waals surface area contributed by atoms with Crippen molar-refractivity contribution in [2.24, 2.45) is 0 Å². The first kappa shape index (κ1) is 17.8. The minimum Gasteiger partial charge on any atom is -0.497 e. The molecule has 1 aromatic carbocycles. The lowest BCUT2D eigenvalue weighted by Gasteiger charge is -2.35. The van der Waals surface area contributed by atoms with E-state index in [9.17, 15) is 4.79 Å². The number of carbonyl (C=O) groups excluding carboxylic acids is 1. The first-order valence-corrected chi connectivity index (χ1v) is 9.25. The number of benzene rings is 1. The molecule has 1 aliphatic heterocycles. The number of carbonyl (C=O) groups is 1. The van der Waals surface area contributed by atoms with Gasteiger partial charge in [-0.05, 0) is 25.8 Å². The van der Waals surface area contributed by atoms with Gasteiger partial charge in [-0.1, -0.05) is 6.07 Å². The summed E-state index contributed by atoms with van der Waals surface area (Å²) >= 11 is 0. The molecule has 4 rings (SSSR count). The third-order valence-corrected chi connectivity index (χ3v) is 5.22. The van der Waals surface area contributed by atoms with E-state index < -0.39 is 6.04 Å². The van der Waals surface area contributed by atoms with E-state index in [4.69, 9.17) is 9.47 Å². The number of nitrogens with one attached hydrogen (secondary N) is 1. The van der Waals surface area contributed by atoms with Gasteiger partial charge in [-0.3, -0.25) is 9.69 Å². The number of fused-ring (bicyclic) bond motifs is 1. The molecule has 1 saturated carbocycles. The van der Waals surface area contributed by atoms with Crippen LogP contribution in [0.5, 0.6) is 11.5 Å². The molecule has 1 aliphatic carbocycles. The zero-order valence-corrected chi connectivity index (χ0v) is 15.9. The van der Waals surface area contributed by atoms with E-state index in [0.29, 0.717) is 18.4 Å². The fourth-order valence-electron chi connectivity index (χ4n) is 3.56. The quantitative estimate of drug-likeness (QED) is 0.828. The van der Waals surface area contributed by atoms with Gasteiger partial charge >= 0.3 is 0 Å². The largest absolute Gasteiger partial charge is 0.497 e. The van der Waals surface area contributed by atoms with E-state index in [1.807, 2.05) is 29.7 Å². The van der Waals surface area contributed by atoms with Crippen molar-refractivity contribution in [3.8, 4) is 11.5 Å². The smallest absolute Gasteiger partial charge is 0.245 e. The number of nitrogens with zero attached hydrogens (tertiary/aromatic N) is 4. The Hall–Kier alpha value is -2.61. The predicted octanol–water partition coefficient (Wildman–Crippen LogP) is 1.44. The maximum atomic E-state index is 13.0. The Labute approximate surface area is 158 Å². The Balaban J connectivity index is 1.63. The van der Waals surface area contributed by atoms with Crippen LogP contribution in [-0.4, -0.2) is 52.4 Å². The van der Waals surface area contributed by atoms with Crippen molar-refractivity contribution < 1.29 is 14.3 Å². The second-order valence-electron chi connectivity index (χ2n) is 7.09. The average molecular weight is 371 g/mol. The van der Waals surface area contributed by atoms with Gasteiger partial charge in [-0.15, -0.1) is 10.2 Å². The van der Waals surface area contributed by atoms with Crippen molar-refractivity contribution in [1.29, 1.82) is 0 Å². The highest BCUT2D eigenvalue weighted by molar-refractivity contribution is 5.83. The molecule has 1 N–H and O–H groups in total. The molecule has 0 spiro atoms. The number of aromatic nitrogens is 3. The molecule has 2 heterocycles. The SMILES string of the molecule is COc1ccc(CN2CCn3c(C)nnc3C2C(=O)NC2CC2)c(OC)c1. The standard InChI is InChI=1S/C19H25N5O3/c1-12-21-22-18-17(19(25)20-14-5-6-14)23(8-9-24(12)18)11-13-4-7-15(26-2)10-16(13)27-3/h4,7,10,14,17H,5-6,8-9,11H2,1-3H3,(H,20,25). The van der Waals surface area contributed by atoms with Crippen LogP contribution >= 0.6 is 0 Å². The fraction of sp³-hybridized carbons (Fsp3) is 0.526. The highest BCUT2D eigenvalue weighted by Crippen LogP contribution is 2.32. The molecule has 0 radical (unpaired) electrons. The van der Waals surface area contributed by atoms with Gasteiger partial charge in [0.1, 0.15) is 17.3 Å². The number of hydrogen-bond acceptors (Lipinski definition) is 6. The molecule has 2 aromatic rings. The Morgan fingerprint density at radius 1 is 1.22 bits per heavy atom. The van der Waals surface area contributed by atoms with E-state index in [2.05, 4.69) is 20.4 Å². The third kappa shape index (κ3) is 3.49. The summed E-state index contributed by atoms with van der Waals surface area (Å²) < 4.78 is 12.9. The molecule has 0 saturated heterocycles. The summed E-state index contributed by atoms with van der Waals surface area (Å²) in [5.41, 5.74) is 1.01. The van der Waals surface area contributed by atoms with E-state index >= 15 is 0 Å². The average Bonchev–Trinajstić information content (AvgIpc) is 3.42. The molecule has 1 aromatic heterocycles. The zero-order chi connectivity index (χ0) is 19.0. The number of ether oxygens (including phenoxy) is 2. The Bertz CT molecular complexity index is 846. The van der Waals surface area contributed by atoms with E-state index in [-0.39, 0.29) is 5.91 Å². The third-order valence-electron chi connectivity index (χ3n) is 5.22. The van der Waals surface area contributed by atoms with Gasteiger partial charge in [0.25, 0.3) is 0 Å². The summed E-state index contributed by atoms with van der Waals surface area (Å²) in [4.78, 5) is 15.1. The van der Waals surface area contributed by atoms with E-state index in [1.54, 1.807) is 14.2 Å². The summed E-state index contributed by atoms with van der Waals surface area (Å²) in [6.45, 7) is 4.01. The summed E-state index contributed by atoms with van der Waals surface area (Å²) in [5, 5.41) is 11.6. The van der Waals surface area contributed by atoms with Crippen LogP contribution in [0, 0.1) is 6.92 Å². The van der Waals surface area contributed by atoms with Gasteiger partial charge in [0, 0.05) is 37.3 Å². The monoisotopic (exact) mass is 371 g/mol. The Morgan fingerprint density at radius 3 is 2.74 bits per heavy atom. The molecule has 0 bridgehead atoms. The van der Waals surface area contributed by atoms with Crippen molar-refractivity contribution in [2.45, 2.75) is 44.9 Å². The van der Waals surface area contributed by atoms with Crippen LogP contribution < -0.4 is 14.8 Å². The zero-order valence-electron chi connectivity index (χ0n) is 15.9. The van der Waals surface area contributed by atoms with Crippen LogP contribution in [0.2, 0.25) is 0 Å². The maximum Gasteiger partial charge on any atom is 0.245 e. The van der Waals surface area contributed by atoms with Crippen molar-refractivity contribution >= 4 is 5.91 Å². The predicted molar refractivity (Wildman–Crippen MR) is 98.6 cm³/mol. The molecule has 8 nitrogen and oxygen atoms in total. The lowest BCUT2D eigenvalue weighted by Crippen LogP contribution is -2.46. The van der Waals surface area contributed by atoms with Gasteiger partial charge in [-0.25, -0.2) is 0 Å². The maximum absolute atomic E-state index is 13.0.